The molecule has 2 aromatic rings. The number of nitrogens with zero attached hydrogens (tertiary/aromatic N) is 3. The first-order chi connectivity index (χ1) is 13.7. The third-order valence-corrected chi connectivity index (χ3v) is 5.80. The fourth-order valence-electron chi connectivity index (χ4n) is 4.35. The lowest BCUT2D eigenvalue weighted by atomic mass is 9.81. The van der Waals surface area contributed by atoms with Crippen LogP contribution in [0.2, 0.25) is 0 Å². The molecular formula is C23H27N3O2. The Balaban J connectivity index is 1.66. The van der Waals surface area contributed by atoms with Gasteiger partial charge in [0.2, 0.25) is 5.88 Å². The van der Waals surface area contributed by atoms with E-state index in [1.165, 1.54) is 16.7 Å². The van der Waals surface area contributed by atoms with E-state index in [2.05, 4.69) is 52.2 Å². The zero-order chi connectivity index (χ0) is 19.5. The summed E-state index contributed by atoms with van der Waals surface area (Å²) in [4.78, 5) is 11.4. The summed E-state index contributed by atoms with van der Waals surface area (Å²) in [5.41, 5.74) is 4.92. The highest BCUT2D eigenvalue weighted by Gasteiger charge is 2.33. The summed E-state index contributed by atoms with van der Waals surface area (Å²) in [5.74, 6) is 1.94. The summed E-state index contributed by atoms with van der Waals surface area (Å²) in [6, 6.07) is 6.38. The summed E-state index contributed by atoms with van der Waals surface area (Å²) < 4.78 is 10.9. The number of aromatic nitrogens is 2. The average Bonchev–Trinajstić information content (AvgIpc) is 3.38. The molecule has 2 heterocycles. The van der Waals surface area contributed by atoms with Gasteiger partial charge in [0, 0.05) is 43.9 Å². The Labute approximate surface area is 166 Å². The maximum atomic E-state index is 5.50. The molecule has 5 heteroatoms. The van der Waals surface area contributed by atoms with Crippen LogP contribution < -0.4 is 9.47 Å². The van der Waals surface area contributed by atoms with Gasteiger partial charge in [-0.15, -0.1) is 0 Å². The second-order valence-corrected chi connectivity index (χ2v) is 7.41. The molecular weight excluding hydrogens is 350 g/mol. The van der Waals surface area contributed by atoms with E-state index in [0.29, 0.717) is 5.88 Å². The molecule has 1 aromatic heterocycles. The van der Waals surface area contributed by atoms with Crippen molar-refractivity contribution in [2.75, 3.05) is 33.9 Å². The predicted octanol–water partition coefficient (Wildman–Crippen LogP) is 4.04. The van der Waals surface area contributed by atoms with Gasteiger partial charge in [0.1, 0.15) is 11.4 Å². The minimum absolute atomic E-state index is 0.168. The second-order valence-electron chi connectivity index (χ2n) is 7.41. The lowest BCUT2D eigenvalue weighted by molar-refractivity contribution is 0.352. The summed E-state index contributed by atoms with van der Waals surface area (Å²) >= 11 is 0. The van der Waals surface area contributed by atoms with Crippen molar-refractivity contribution in [3.63, 3.8) is 0 Å². The van der Waals surface area contributed by atoms with Crippen LogP contribution in [0.25, 0.3) is 6.08 Å². The van der Waals surface area contributed by atoms with Crippen molar-refractivity contribution in [1.29, 1.82) is 0 Å². The van der Waals surface area contributed by atoms with E-state index in [4.69, 9.17) is 9.47 Å². The Morgan fingerprint density at radius 2 is 1.89 bits per heavy atom. The Hall–Kier alpha value is -2.66. The average molecular weight is 377 g/mol. The molecule has 0 radical (unpaired) electrons. The van der Waals surface area contributed by atoms with Crippen LogP contribution in [0.5, 0.6) is 11.6 Å². The minimum atomic E-state index is 0.168. The molecule has 0 saturated carbocycles. The maximum Gasteiger partial charge on any atom is 0.235 e. The summed E-state index contributed by atoms with van der Waals surface area (Å²) in [7, 11) is 3.37. The third kappa shape index (κ3) is 3.54. The molecule has 0 N–H and O–H groups in total. The van der Waals surface area contributed by atoms with Gasteiger partial charge in [-0.2, -0.15) is 0 Å². The van der Waals surface area contributed by atoms with Crippen LogP contribution in [0.15, 0.2) is 48.3 Å². The number of hydrogen-bond donors (Lipinski definition) is 0. The Bertz CT molecular complexity index is 898. The highest BCUT2D eigenvalue weighted by Crippen LogP contribution is 2.48. The number of ether oxygens (including phenoxy) is 2. The summed E-state index contributed by atoms with van der Waals surface area (Å²) in [5, 5.41) is 0. The zero-order valence-corrected chi connectivity index (χ0v) is 16.8. The number of fused-ring (bicyclic) bond motifs is 1. The second kappa shape index (κ2) is 8.15. The van der Waals surface area contributed by atoms with Crippen LogP contribution in [0.4, 0.5) is 0 Å². The molecule has 0 spiro atoms. The van der Waals surface area contributed by atoms with Gasteiger partial charge in [-0.05, 0) is 29.7 Å². The van der Waals surface area contributed by atoms with Crippen LogP contribution in [0.3, 0.4) is 0 Å². The van der Waals surface area contributed by atoms with Crippen molar-refractivity contribution in [1.82, 2.24) is 14.9 Å². The molecule has 5 nitrogen and oxygen atoms in total. The number of rotatable bonds is 7. The molecule has 2 aliphatic rings. The van der Waals surface area contributed by atoms with Crippen molar-refractivity contribution in [2.45, 2.75) is 25.2 Å². The first kappa shape index (κ1) is 18.7. The van der Waals surface area contributed by atoms with Crippen LogP contribution in [-0.2, 0) is 0 Å². The third-order valence-electron chi connectivity index (χ3n) is 5.80. The van der Waals surface area contributed by atoms with Crippen LogP contribution in [0, 0.1) is 0 Å². The normalized spacial score (nSPS) is 19.4. The van der Waals surface area contributed by atoms with Gasteiger partial charge < -0.3 is 9.47 Å². The first-order valence-corrected chi connectivity index (χ1v) is 9.82. The van der Waals surface area contributed by atoms with Crippen molar-refractivity contribution < 1.29 is 9.47 Å². The Kier molecular flexibility index (Phi) is 5.44. The molecule has 4 rings (SSSR count). The molecule has 1 aliphatic heterocycles. The molecule has 2 atom stereocenters. The van der Waals surface area contributed by atoms with Crippen LogP contribution in [0.1, 0.15) is 42.0 Å². The molecule has 0 amide bonds. The van der Waals surface area contributed by atoms with Gasteiger partial charge in [0.05, 0.1) is 14.2 Å². The molecule has 0 saturated heterocycles. The highest BCUT2D eigenvalue weighted by molar-refractivity contribution is 5.69. The van der Waals surface area contributed by atoms with E-state index in [1.54, 1.807) is 26.6 Å². The van der Waals surface area contributed by atoms with Gasteiger partial charge in [-0.3, -0.25) is 9.88 Å². The molecule has 2 unspecified atom stereocenters. The number of benzene rings is 1. The topological polar surface area (TPSA) is 47.5 Å². The zero-order valence-electron chi connectivity index (χ0n) is 16.8. The fourth-order valence-corrected chi connectivity index (χ4v) is 4.35. The van der Waals surface area contributed by atoms with Crippen molar-refractivity contribution >= 4 is 6.08 Å². The van der Waals surface area contributed by atoms with Crippen LogP contribution in [-0.4, -0.2) is 48.7 Å². The molecule has 0 bridgehead atoms. The molecule has 146 valence electrons. The van der Waals surface area contributed by atoms with E-state index in [1.807, 2.05) is 6.07 Å². The van der Waals surface area contributed by atoms with E-state index in [-0.39, 0.29) is 11.8 Å². The monoisotopic (exact) mass is 377 g/mol. The SMILES string of the molecule is COc1ccc2c(c1)C=C(CCN1CC=CC1)C2C(C)c1nccnc1OC. The van der Waals surface area contributed by atoms with Gasteiger partial charge in [0.15, 0.2) is 0 Å². The van der Waals surface area contributed by atoms with Crippen molar-refractivity contribution in [3.05, 3.63) is 65.1 Å². The number of methoxy groups -OCH3 is 2. The Morgan fingerprint density at radius 1 is 1.11 bits per heavy atom. The van der Waals surface area contributed by atoms with E-state index < -0.39 is 0 Å². The lowest BCUT2D eigenvalue weighted by Crippen LogP contribution is -2.22. The van der Waals surface area contributed by atoms with Crippen LogP contribution >= 0.6 is 0 Å². The summed E-state index contributed by atoms with van der Waals surface area (Å²) in [6.07, 6.45) is 11.3. The van der Waals surface area contributed by atoms with E-state index in [0.717, 1.165) is 37.5 Å². The molecule has 28 heavy (non-hydrogen) atoms. The minimum Gasteiger partial charge on any atom is -0.497 e. The standard InChI is InChI=1S/C23H27N3O2/c1-16(22-23(28-3)25-10-9-24-22)21-17(8-13-26-11-4-5-12-26)14-18-15-19(27-2)6-7-20(18)21/h4-7,9-10,14-16,21H,8,11-13H2,1-3H3. The van der Waals surface area contributed by atoms with Gasteiger partial charge in [-0.25, -0.2) is 4.98 Å². The van der Waals surface area contributed by atoms with Gasteiger partial charge >= 0.3 is 0 Å². The lowest BCUT2D eigenvalue weighted by Gasteiger charge is -2.26. The maximum absolute atomic E-state index is 5.50. The van der Waals surface area contributed by atoms with Crippen molar-refractivity contribution in [3.8, 4) is 11.6 Å². The number of hydrogen-bond acceptors (Lipinski definition) is 5. The summed E-state index contributed by atoms with van der Waals surface area (Å²) in [6.45, 7) is 5.38. The smallest absolute Gasteiger partial charge is 0.235 e. The highest BCUT2D eigenvalue weighted by atomic mass is 16.5. The molecule has 1 aromatic carbocycles. The predicted molar refractivity (Wildman–Crippen MR) is 111 cm³/mol. The first-order valence-electron chi connectivity index (χ1n) is 9.82. The molecule has 0 fully saturated rings. The van der Waals surface area contributed by atoms with Gasteiger partial charge in [0.25, 0.3) is 0 Å². The largest absolute Gasteiger partial charge is 0.497 e. The van der Waals surface area contributed by atoms with Gasteiger partial charge in [-0.1, -0.05) is 36.8 Å². The molecule has 1 aliphatic carbocycles. The quantitative estimate of drug-likeness (QED) is 0.682. The fraction of sp³-hybridized carbons (Fsp3) is 0.391. The van der Waals surface area contributed by atoms with E-state index >= 15 is 0 Å². The Morgan fingerprint density at radius 3 is 2.64 bits per heavy atom. The van der Waals surface area contributed by atoms with E-state index in [9.17, 15) is 0 Å². The van der Waals surface area contributed by atoms with Crippen molar-refractivity contribution in [2.24, 2.45) is 0 Å².